The van der Waals surface area contributed by atoms with E-state index >= 15 is 0 Å². The lowest BCUT2D eigenvalue weighted by molar-refractivity contribution is 0.282. The number of hydrogen-bond acceptors (Lipinski definition) is 2. The van der Waals surface area contributed by atoms with E-state index in [1.807, 2.05) is 0 Å². The van der Waals surface area contributed by atoms with Crippen molar-refractivity contribution < 1.29 is 8.42 Å². The zero-order valence-corrected chi connectivity index (χ0v) is 12.7. The monoisotopic (exact) mass is 301 g/mol. The molecule has 106 valence electrons. The molecule has 0 unspecified atom stereocenters. The van der Waals surface area contributed by atoms with Crippen LogP contribution in [0.1, 0.15) is 39.0 Å². The first-order chi connectivity index (χ1) is 9.04. The molecule has 0 heterocycles. The fourth-order valence-electron chi connectivity index (χ4n) is 2.78. The van der Waals surface area contributed by atoms with Crippen LogP contribution < -0.4 is 4.72 Å². The van der Waals surface area contributed by atoms with Gasteiger partial charge in [-0.2, -0.15) is 0 Å². The molecule has 19 heavy (non-hydrogen) atoms. The molecule has 1 aromatic carbocycles. The molecular weight excluding hydrogens is 282 g/mol. The Kier molecular flexibility index (Phi) is 4.87. The van der Waals surface area contributed by atoms with Crippen LogP contribution in [0.4, 0.5) is 0 Å². The fraction of sp³-hybridized carbons (Fsp3) is 0.571. The molecule has 1 saturated carbocycles. The Morgan fingerprint density at radius 3 is 2.63 bits per heavy atom. The van der Waals surface area contributed by atoms with Crippen molar-refractivity contribution in [1.29, 1.82) is 0 Å². The molecule has 0 saturated heterocycles. The van der Waals surface area contributed by atoms with E-state index < -0.39 is 10.0 Å². The Bertz CT molecular complexity index is 530. The third-order valence-corrected chi connectivity index (χ3v) is 5.86. The van der Waals surface area contributed by atoms with Crippen LogP contribution in [0.5, 0.6) is 0 Å². The van der Waals surface area contributed by atoms with Crippen LogP contribution in [0.15, 0.2) is 29.2 Å². The van der Waals surface area contributed by atoms with Crippen molar-refractivity contribution in [3.63, 3.8) is 0 Å². The van der Waals surface area contributed by atoms with Gasteiger partial charge in [-0.15, -0.1) is 0 Å². The molecule has 2 rings (SSSR count). The molecular formula is C14H20ClNO2S. The maximum Gasteiger partial charge on any atom is 0.242 e. The van der Waals surface area contributed by atoms with E-state index in [4.69, 9.17) is 11.6 Å². The zero-order chi connectivity index (χ0) is 13.9. The van der Waals surface area contributed by atoms with E-state index in [1.54, 1.807) is 24.3 Å². The Labute approximate surface area is 120 Å². The van der Waals surface area contributed by atoms with Crippen molar-refractivity contribution >= 4 is 21.6 Å². The van der Waals surface area contributed by atoms with Crippen LogP contribution in [-0.4, -0.2) is 14.5 Å². The lowest BCUT2D eigenvalue weighted by Crippen LogP contribution is -2.41. The van der Waals surface area contributed by atoms with Gasteiger partial charge in [0.2, 0.25) is 10.0 Å². The van der Waals surface area contributed by atoms with Crippen molar-refractivity contribution in [3.05, 3.63) is 29.3 Å². The Morgan fingerprint density at radius 2 is 1.95 bits per heavy atom. The summed E-state index contributed by atoms with van der Waals surface area (Å²) in [4.78, 5) is 0.178. The molecule has 0 aliphatic heterocycles. The van der Waals surface area contributed by atoms with E-state index in [1.165, 1.54) is 6.42 Å². The number of sulfonamides is 1. The first-order valence-electron chi connectivity index (χ1n) is 6.81. The number of hydrogen-bond donors (Lipinski definition) is 1. The number of halogens is 1. The fourth-order valence-corrected chi connectivity index (χ4v) is 4.64. The molecule has 1 aromatic rings. The summed E-state index contributed by atoms with van der Waals surface area (Å²) < 4.78 is 27.6. The number of rotatable bonds is 4. The third kappa shape index (κ3) is 3.50. The summed E-state index contributed by atoms with van der Waals surface area (Å²) in [6.45, 7) is 2.12. The molecule has 0 spiro atoms. The normalized spacial score (nSPS) is 24.3. The van der Waals surface area contributed by atoms with Crippen LogP contribution in [-0.2, 0) is 10.0 Å². The number of benzene rings is 1. The largest absolute Gasteiger partial charge is 0.242 e. The average Bonchev–Trinajstić information content (AvgIpc) is 2.39. The molecule has 0 amide bonds. The van der Waals surface area contributed by atoms with Crippen LogP contribution in [0, 0.1) is 5.92 Å². The highest BCUT2D eigenvalue weighted by molar-refractivity contribution is 7.89. The second-order valence-electron chi connectivity index (χ2n) is 5.11. The molecule has 1 aliphatic carbocycles. The van der Waals surface area contributed by atoms with Crippen molar-refractivity contribution in [2.45, 2.75) is 50.0 Å². The van der Waals surface area contributed by atoms with Gasteiger partial charge in [-0.25, -0.2) is 13.1 Å². The summed E-state index contributed by atoms with van der Waals surface area (Å²) in [5.41, 5.74) is 0. The maximum atomic E-state index is 12.4. The van der Waals surface area contributed by atoms with Gasteiger partial charge in [-0.3, -0.25) is 0 Å². The maximum absolute atomic E-state index is 12.4. The quantitative estimate of drug-likeness (QED) is 0.924. The van der Waals surface area contributed by atoms with Gasteiger partial charge in [0, 0.05) is 6.04 Å². The van der Waals surface area contributed by atoms with Gasteiger partial charge < -0.3 is 0 Å². The highest BCUT2D eigenvalue weighted by atomic mass is 35.5. The van der Waals surface area contributed by atoms with E-state index in [0.717, 1.165) is 25.7 Å². The standard InChI is InChI=1S/C14H20ClNO2S/c1-2-11-7-3-5-9-13(11)16-19(17,18)14-10-6-4-8-12(14)15/h4,6,8,10-11,13,16H,2-3,5,7,9H2,1H3/t11-,13+/m0/s1. The summed E-state index contributed by atoms with van der Waals surface area (Å²) in [5.74, 6) is 0.436. The van der Waals surface area contributed by atoms with Crippen molar-refractivity contribution in [2.75, 3.05) is 0 Å². The van der Waals surface area contributed by atoms with Crippen LogP contribution >= 0.6 is 11.6 Å². The summed E-state index contributed by atoms with van der Waals surface area (Å²) in [6.07, 6.45) is 5.32. The molecule has 0 aromatic heterocycles. The van der Waals surface area contributed by atoms with Crippen LogP contribution in [0.3, 0.4) is 0 Å². The molecule has 5 heteroatoms. The first-order valence-corrected chi connectivity index (χ1v) is 8.67. The Balaban J connectivity index is 2.19. The van der Waals surface area contributed by atoms with Crippen LogP contribution in [0.25, 0.3) is 0 Å². The minimum atomic E-state index is -3.52. The smallest absolute Gasteiger partial charge is 0.208 e. The second-order valence-corrected chi connectivity index (χ2v) is 7.20. The lowest BCUT2D eigenvalue weighted by atomic mass is 9.83. The Morgan fingerprint density at radius 1 is 1.26 bits per heavy atom. The summed E-state index contributed by atoms with van der Waals surface area (Å²) in [6, 6.07) is 6.62. The van der Waals surface area contributed by atoms with Gasteiger partial charge >= 0.3 is 0 Å². The predicted molar refractivity (Wildman–Crippen MR) is 77.8 cm³/mol. The summed E-state index contributed by atoms with van der Waals surface area (Å²) >= 11 is 5.98. The second kappa shape index (κ2) is 6.25. The van der Waals surface area contributed by atoms with Crippen LogP contribution in [0.2, 0.25) is 5.02 Å². The lowest BCUT2D eigenvalue weighted by Gasteiger charge is -2.31. The first kappa shape index (κ1) is 14.8. The van der Waals surface area contributed by atoms with Crippen molar-refractivity contribution in [3.8, 4) is 0 Å². The van der Waals surface area contributed by atoms with Crippen molar-refractivity contribution in [1.82, 2.24) is 4.72 Å². The van der Waals surface area contributed by atoms with Gasteiger partial charge in [0.1, 0.15) is 4.90 Å². The SMILES string of the molecule is CC[C@H]1CCCC[C@H]1NS(=O)(=O)c1ccccc1Cl. The Hall–Kier alpha value is -0.580. The topological polar surface area (TPSA) is 46.2 Å². The summed E-state index contributed by atoms with van der Waals surface area (Å²) in [7, 11) is -3.52. The summed E-state index contributed by atoms with van der Waals surface area (Å²) in [5, 5.41) is 0.277. The number of nitrogens with one attached hydrogen (secondary N) is 1. The van der Waals surface area contributed by atoms with Gasteiger partial charge in [0.15, 0.2) is 0 Å². The predicted octanol–water partition coefficient (Wildman–Crippen LogP) is 3.59. The zero-order valence-electron chi connectivity index (χ0n) is 11.1. The third-order valence-electron chi connectivity index (χ3n) is 3.87. The van der Waals surface area contributed by atoms with E-state index in [9.17, 15) is 8.42 Å². The molecule has 2 atom stereocenters. The molecule has 0 radical (unpaired) electrons. The molecule has 1 fully saturated rings. The highest BCUT2D eigenvalue weighted by Crippen LogP contribution is 2.29. The molecule has 1 aliphatic rings. The van der Waals surface area contributed by atoms with E-state index in [2.05, 4.69) is 11.6 Å². The molecule has 1 N–H and O–H groups in total. The van der Waals surface area contributed by atoms with Gasteiger partial charge in [0.25, 0.3) is 0 Å². The van der Waals surface area contributed by atoms with Crippen molar-refractivity contribution in [2.24, 2.45) is 5.92 Å². The average molecular weight is 302 g/mol. The van der Waals surface area contributed by atoms with E-state index in [-0.39, 0.29) is 16.0 Å². The van der Waals surface area contributed by atoms with Gasteiger partial charge in [-0.05, 0) is 30.9 Å². The minimum Gasteiger partial charge on any atom is -0.208 e. The molecule has 3 nitrogen and oxygen atoms in total. The highest BCUT2D eigenvalue weighted by Gasteiger charge is 2.29. The minimum absolute atomic E-state index is 0.0417. The van der Waals surface area contributed by atoms with Gasteiger partial charge in [-0.1, -0.05) is 49.9 Å². The molecule has 0 bridgehead atoms. The van der Waals surface area contributed by atoms with E-state index in [0.29, 0.717) is 5.92 Å². The van der Waals surface area contributed by atoms with Gasteiger partial charge in [0.05, 0.1) is 5.02 Å².